The standard InChI is InChI=1S/C21H23N3O5S/c1-28-18-8-9-19(29-2)20(12-18)30(26,27)24-10-4-6-16(14-24)21(25)23-17-7-3-5-15(11-17)13-22/h3,5,7-9,11-12,16H,4,6,10,14H2,1-2H3,(H,23,25). The van der Waals surface area contributed by atoms with E-state index in [1.54, 1.807) is 36.4 Å². The van der Waals surface area contributed by atoms with Gasteiger partial charge in [-0.3, -0.25) is 4.79 Å². The lowest BCUT2D eigenvalue weighted by molar-refractivity contribution is -0.120. The molecule has 1 saturated heterocycles. The number of piperidine rings is 1. The molecule has 1 aliphatic heterocycles. The maximum atomic E-state index is 13.3. The van der Waals surface area contributed by atoms with Gasteiger partial charge in [0.25, 0.3) is 0 Å². The van der Waals surface area contributed by atoms with Crippen LogP contribution in [0.3, 0.4) is 0 Å². The first kappa shape index (κ1) is 21.6. The average Bonchev–Trinajstić information content (AvgIpc) is 2.78. The van der Waals surface area contributed by atoms with Crippen LogP contribution in [0.4, 0.5) is 5.69 Å². The van der Waals surface area contributed by atoms with Gasteiger partial charge in [-0.15, -0.1) is 0 Å². The van der Waals surface area contributed by atoms with Crippen molar-refractivity contribution >= 4 is 21.6 Å². The molecule has 0 aromatic heterocycles. The second-order valence-corrected chi connectivity index (χ2v) is 8.81. The Morgan fingerprint density at radius 2 is 2.00 bits per heavy atom. The number of nitrogens with one attached hydrogen (secondary N) is 1. The smallest absolute Gasteiger partial charge is 0.246 e. The summed E-state index contributed by atoms with van der Waals surface area (Å²) in [6.07, 6.45) is 1.13. The third kappa shape index (κ3) is 4.56. The summed E-state index contributed by atoms with van der Waals surface area (Å²) in [5.41, 5.74) is 0.944. The van der Waals surface area contributed by atoms with Gasteiger partial charge in [0.15, 0.2) is 0 Å². The maximum absolute atomic E-state index is 13.3. The Bertz CT molecular complexity index is 1080. The van der Waals surface area contributed by atoms with E-state index < -0.39 is 15.9 Å². The number of amides is 1. The molecular weight excluding hydrogens is 406 g/mol. The number of nitrogens with zero attached hydrogens (tertiary/aromatic N) is 2. The number of hydrogen-bond acceptors (Lipinski definition) is 6. The molecule has 30 heavy (non-hydrogen) atoms. The highest BCUT2D eigenvalue weighted by Gasteiger charge is 2.35. The molecule has 1 amide bonds. The quantitative estimate of drug-likeness (QED) is 0.756. The van der Waals surface area contributed by atoms with Gasteiger partial charge in [-0.2, -0.15) is 9.57 Å². The predicted molar refractivity (Wildman–Crippen MR) is 111 cm³/mol. The van der Waals surface area contributed by atoms with Gasteiger partial charge >= 0.3 is 0 Å². The van der Waals surface area contributed by atoms with Crippen LogP contribution < -0.4 is 14.8 Å². The van der Waals surface area contributed by atoms with E-state index in [4.69, 9.17) is 14.7 Å². The summed E-state index contributed by atoms with van der Waals surface area (Å²) >= 11 is 0. The van der Waals surface area contributed by atoms with Crippen molar-refractivity contribution in [3.63, 3.8) is 0 Å². The molecule has 1 aliphatic rings. The molecule has 2 aromatic carbocycles. The molecule has 0 radical (unpaired) electrons. The van der Waals surface area contributed by atoms with Gasteiger partial charge in [0.1, 0.15) is 16.4 Å². The molecule has 0 bridgehead atoms. The van der Waals surface area contributed by atoms with Gasteiger partial charge < -0.3 is 14.8 Å². The van der Waals surface area contributed by atoms with Crippen LogP contribution in [-0.4, -0.2) is 45.9 Å². The van der Waals surface area contributed by atoms with Crippen molar-refractivity contribution < 1.29 is 22.7 Å². The number of carbonyl (C=O) groups excluding carboxylic acids is 1. The summed E-state index contributed by atoms with van der Waals surface area (Å²) in [5, 5.41) is 11.8. The molecule has 8 nitrogen and oxygen atoms in total. The Morgan fingerprint density at radius 1 is 1.20 bits per heavy atom. The molecule has 1 heterocycles. The van der Waals surface area contributed by atoms with Crippen LogP contribution in [-0.2, 0) is 14.8 Å². The first-order valence-electron chi connectivity index (χ1n) is 9.42. The summed E-state index contributed by atoms with van der Waals surface area (Å²) in [6.45, 7) is 0.378. The topological polar surface area (TPSA) is 109 Å². The van der Waals surface area contributed by atoms with E-state index >= 15 is 0 Å². The molecule has 1 N–H and O–H groups in total. The van der Waals surface area contributed by atoms with E-state index in [1.807, 2.05) is 6.07 Å². The van der Waals surface area contributed by atoms with Crippen LogP contribution in [0.2, 0.25) is 0 Å². The third-order valence-electron chi connectivity index (χ3n) is 5.00. The molecule has 1 fully saturated rings. The van der Waals surface area contributed by atoms with Gasteiger partial charge in [0, 0.05) is 24.8 Å². The number of hydrogen-bond donors (Lipinski definition) is 1. The minimum atomic E-state index is -3.88. The molecule has 158 valence electrons. The minimum Gasteiger partial charge on any atom is -0.497 e. The Labute approximate surface area is 176 Å². The third-order valence-corrected chi connectivity index (χ3v) is 6.89. The second-order valence-electron chi connectivity index (χ2n) is 6.90. The van der Waals surface area contributed by atoms with Crippen LogP contribution in [0, 0.1) is 17.2 Å². The average molecular weight is 429 g/mol. The number of carbonyl (C=O) groups is 1. The molecule has 0 saturated carbocycles. The van der Waals surface area contributed by atoms with E-state index in [-0.39, 0.29) is 23.1 Å². The predicted octanol–water partition coefficient (Wildman–Crippen LogP) is 2.61. The van der Waals surface area contributed by atoms with E-state index in [2.05, 4.69) is 5.32 Å². The highest BCUT2D eigenvalue weighted by Crippen LogP contribution is 2.32. The van der Waals surface area contributed by atoms with Gasteiger partial charge in [-0.25, -0.2) is 8.42 Å². The van der Waals surface area contributed by atoms with Gasteiger partial charge in [-0.1, -0.05) is 6.07 Å². The Balaban J connectivity index is 1.80. The van der Waals surface area contributed by atoms with Crippen molar-refractivity contribution in [3.8, 4) is 17.6 Å². The van der Waals surface area contributed by atoms with Crippen molar-refractivity contribution in [2.24, 2.45) is 5.92 Å². The Morgan fingerprint density at radius 3 is 2.70 bits per heavy atom. The first-order chi connectivity index (χ1) is 14.4. The molecule has 1 atom stereocenters. The Hall–Kier alpha value is -3.09. The monoisotopic (exact) mass is 429 g/mol. The Kier molecular flexibility index (Phi) is 6.59. The van der Waals surface area contributed by atoms with E-state index in [1.165, 1.54) is 24.6 Å². The number of rotatable bonds is 6. The molecular formula is C21H23N3O5S. The number of anilines is 1. The van der Waals surface area contributed by atoms with E-state index in [0.717, 1.165) is 0 Å². The zero-order valence-corrected chi connectivity index (χ0v) is 17.6. The molecule has 1 unspecified atom stereocenters. The summed E-state index contributed by atoms with van der Waals surface area (Å²) in [4.78, 5) is 12.7. The lowest BCUT2D eigenvalue weighted by atomic mass is 9.98. The number of methoxy groups -OCH3 is 2. The zero-order chi connectivity index (χ0) is 21.7. The first-order valence-corrected chi connectivity index (χ1v) is 10.9. The largest absolute Gasteiger partial charge is 0.497 e. The number of nitriles is 1. The number of sulfonamides is 1. The maximum Gasteiger partial charge on any atom is 0.246 e. The van der Waals surface area contributed by atoms with Gasteiger partial charge in [0.2, 0.25) is 15.9 Å². The lowest BCUT2D eigenvalue weighted by Crippen LogP contribution is -2.43. The van der Waals surface area contributed by atoms with Crippen molar-refractivity contribution in [1.82, 2.24) is 4.31 Å². The fraction of sp³-hybridized carbons (Fsp3) is 0.333. The van der Waals surface area contributed by atoms with Crippen LogP contribution in [0.5, 0.6) is 11.5 Å². The minimum absolute atomic E-state index is 0.00660. The van der Waals surface area contributed by atoms with Crippen molar-refractivity contribution in [1.29, 1.82) is 5.26 Å². The van der Waals surface area contributed by atoms with Gasteiger partial charge in [0.05, 0.1) is 31.8 Å². The zero-order valence-electron chi connectivity index (χ0n) is 16.8. The van der Waals surface area contributed by atoms with Crippen molar-refractivity contribution in [3.05, 3.63) is 48.0 Å². The summed E-state index contributed by atoms with van der Waals surface area (Å²) < 4.78 is 38.2. The van der Waals surface area contributed by atoms with Crippen molar-refractivity contribution in [2.75, 3.05) is 32.6 Å². The van der Waals surface area contributed by atoms with Crippen LogP contribution in [0.1, 0.15) is 18.4 Å². The number of ether oxygens (including phenoxy) is 2. The second kappa shape index (κ2) is 9.15. The lowest BCUT2D eigenvalue weighted by Gasteiger charge is -2.31. The van der Waals surface area contributed by atoms with Gasteiger partial charge in [-0.05, 0) is 43.2 Å². The van der Waals surface area contributed by atoms with Crippen LogP contribution >= 0.6 is 0 Å². The normalized spacial score (nSPS) is 17.0. The fourth-order valence-electron chi connectivity index (χ4n) is 3.41. The summed E-state index contributed by atoms with van der Waals surface area (Å²) in [7, 11) is -1.02. The highest BCUT2D eigenvalue weighted by molar-refractivity contribution is 7.89. The van der Waals surface area contributed by atoms with Crippen molar-refractivity contribution in [2.45, 2.75) is 17.7 Å². The van der Waals surface area contributed by atoms with Crippen LogP contribution in [0.15, 0.2) is 47.4 Å². The number of benzene rings is 2. The summed E-state index contributed by atoms with van der Waals surface area (Å²) in [5.74, 6) is -0.160. The highest BCUT2D eigenvalue weighted by atomic mass is 32.2. The molecule has 2 aromatic rings. The molecule has 0 aliphatic carbocycles. The van der Waals surface area contributed by atoms with Crippen LogP contribution in [0.25, 0.3) is 0 Å². The SMILES string of the molecule is COc1ccc(OC)c(S(=O)(=O)N2CCCC(C(=O)Nc3cccc(C#N)c3)C2)c1. The fourth-order valence-corrected chi connectivity index (χ4v) is 5.10. The van der Waals surface area contributed by atoms with E-state index in [9.17, 15) is 13.2 Å². The molecule has 9 heteroatoms. The molecule has 3 rings (SSSR count). The molecule has 0 spiro atoms. The van der Waals surface area contributed by atoms with E-state index in [0.29, 0.717) is 36.4 Å². The summed E-state index contributed by atoms with van der Waals surface area (Å²) in [6, 6.07) is 13.2.